The molecule has 9 rings (SSSR count). The number of aryl methyl sites for hydroxylation is 6. The Balaban J connectivity index is 1.23. The van der Waals surface area contributed by atoms with E-state index in [0.29, 0.717) is 17.6 Å². The second-order valence-electron chi connectivity index (χ2n) is 16.1. The molecule has 0 aliphatic rings. The lowest BCUT2D eigenvalue weighted by Gasteiger charge is -2.28. The lowest BCUT2D eigenvalue weighted by atomic mass is 9.77. The quantitative estimate of drug-likeness (QED) is 0.137. The molecule has 4 nitrogen and oxygen atoms in total. The standard InChI is InChI=1S/C56H48N4/c1-36-31-38(3)51(39(4)32-36)53(52-40(5)33-37(2)34-41(52)6)45-26-28-49(29-27-45)60(50-30-25-43-17-13-14-20-48(43)35-50)56-58-54(46-18-11-8-12-19-46)57-55(59-56)47-23-21-44(22-24-47)42-15-9-7-10-16-42/h7-35,53H,1-6H3. The molecule has 0 N–H and O–H groups in total. The Morgan fingerprint density at radius 1 is 0.367 bits per heavy atom. The smallest absolute Gasteiger partial charge is 0.238 e. The number of fused-ring (bicyclic) bond motifs is 1. The average Bonchev–Trinajstić information content (AvgIpc) is 3.26. The Bertz CT molecular complexity index is 2870. The molecule has 1 heterocycles. The van der Waals surface area contributed by atoms with Crippen LogP contribution >= 0.6 is 0 Å². The SMILES string of the molecule is Cc1cc(C)c(C(c2ccc(N(c3ccc4ccccc4c3)c3nc(-c4ccccc4)nc(-c4ccc(-c5ccccc5)cc4)n3)cc2)c2c(C)cc(C)cc2C)c(C)c1. The molecular weight excluding hydrogens is 729 g/mol. The van der Waals surface area contributed by atoms with E-state index >= 15 is 0 Å². The third kappa shape index (κ3) is 7.60. The van der Waals surface area contributed by atoms with Crippen LogP contribution in [0.4, 0.5) is 17.3 Å². The number of hydrogen-bond donors (Lipinski definition) is 0. The van der Waals surface area contributed by atoms with Crippen LogP contribution in [0.15, 0.2) is 176 Å². The van der Waals surface area contributed by atoms with E-state index in [1.807, 2.05) is 24.3 Å². The highest BCUT2D eigenvalue weighted by Crippen LogP contribution is 2.42. The second-order valence-corrected chi connectivity index (χ2v) is 16.1. The Hall–Kier alpha value is -7.17. The Morgan fingerprint density at radius 3 is 1.35 bits per heavy atom. The largest absolute Gasteiger partial charge is 0.279 e. The van der Waals surface area contributed by atoms with Crippen LogP contribution in [0.1, 0.15) is 56.0 Å². The lowest BCUT2D eigenvalue weighted by Crippen LogP contribution is -2.16. The first-order valence-corrected chi connectivity index (χ1v) is 20.7. The predicted molar refractivity (Wildman–Crippen MR) is 251 cm³/mol. The Kier molecular flexibility index (Phi) is 10.4. The monoisotopic (exact) mass is 776 g/mol. The molecule has 0 radical (unpaired) electrons. The zero-order chi connectivity index (χ0) is 41.3. The van der Waals surface area contributed by atoms with E-state index in [4.69, 9.17) is 15.0 Å². The summed E-state index contributed by atoms with van der Waals surface area (Å²) in [6, 6.07) is 62.5. The highest BCUT2D eigenvalue weighted by molar-refractivity contribution is 5.89. The van der Waals surface area contributed by atoms with Crippen molar-refractivity contribution in [2.45, 2.75) is 47.5 Å². The maximum atomic E-state index is 5.28. The molecule has 0 atom stereocenters. The van der Waals surface area contributed by atoms with Gasteiger partial charge in [-0.3, -0.25) is 4.90 Å². The van der Waals surface area contributed by atoms with Gasteiger partial charge >= 0.3 is 0 Å². The molecular formula is C56H48N4. The van der Waals surface area contributed by atoms with Crippen molar-refractivity contribution in [1.82, 2.24) is 15.0 Å². The second kappa shape index (κ2) is 16.2. The first kappa shape index (κ1) is 38.4. The van der Waals surface area contributed by atoms with Gasteiger partial charge in [-0.1, -0.05) is 163 Å². The number of anilines is 3. The van der Waals surface area contributed by atoms with E-state index in [0.717, 1.165) is 33.5 Å². The van der Waals surface area contributed by atoms with Gasteiger partial charge in [0.25, 0.3) is 0 Å². The topological polar surface area (TPSA) is 41.9 Å². The van der Waals surface area contributed by atoms with Gasteiger partial charge in [0.2, 0.25) is 5.95 Å². The van der Waals surface area contributed by atoms with Crippen molar-refractivity contribution in [1.29, 1.82) is 0 Å². The third-order valence-corrected chi connectivity index (χ3v) is 11.6. The minimum absolute atomic E-state index is 0.0571. The summed E-state index contributed by atoms with van der Waals surface area (Å²) in [6.45, 7) is 13.4. The number of rotatable bonds is 9. The number of hydrogen-bond acceptors (Lipinski definition) is 4. The summed E-state index contributed by atoms with van der Waals surface area (Å²) in [5.74, 6) is 1.82. The van der Waals surface area contributed by atoms with E-state index in [-0.39, 0.29) is 5.92 Å². The van der Waals surface area contributed by atoms with E-state index in [9.17, 15) is 0 Å². The fraction of sp³-hybridized carbons (Fsp3) is 0.125. The summed E-state index contributed by atoms with van der Waals surface area (Å²) < 4.78 is 0. The van der Waals surface area contributed by atoms with Gasteiger partial charge in [0.1, 0.15) is 0 Å². The summed E-state index contributed by atoms with van der Waals surface area (Å²) in [6.07, 6.45) is 0. The first-order chi connectivity index (χ1) is 29.2. The fourth-order valence-electron chi connectivity index (χ4n) is 9.03. The fourth-order valence-corrected chi connectivity index (χ4v) is 9.03. The number of aromatic nitrogens is 3. The Labute approximate surface area is 353 Å². The van der Waals surface area contributed by atoms with Crippen molar-refractivity contribution in [3.8, 4) is 33.9 Å². The van der Waals surface area contributed by atoms with E-state index < -0.39 is 0 Å². The van der Waals surface area contributed by atoms with Gasteiger partial charge in [0.15, 0.2) is 11.6 Å². The van der Waals surface area contributed by atoms with E-state index in [1.165, 1.54) is 61.0 Å². The lowest BCUT2D eigenvalue weighted by molar-refractivity contribution is 0.919. The molecule has 60 heavy (non-hydrogen) atoms. The molecule has 0 aliphatic carbocycles. The van der Waals surface area contributed by atoms with Gasteiger partial charge in [0.05, 0.1) is 0 Å². The molecule has 0 amide bonds. The summed E-state index contributed by atoms with van der Waals surface area (Å²) in [7, 11) is 0. The van der Waals surface area contributed by atoms with Crippen molar-refractivity contribution in [2.75, 3.05) is 4.90 Å². The van der Waals surface area contributed by atoms with Crippen LogP contribution in [0.5, 0.6) is 0 Å². The van der Waals surface area contributed by atoms with Crippen molar-refractivity contribution in [3.63, 3.8) is 0 Å². The van der Waals surface area contributed by atoms with Gasteiger partial charge in [-0.25, -0.2) is 4.98 Å². The highest BCUT2D eigenvalue weighted by Gasteiger charge is 2.26. The van der Waals surface area contributed by atoms with Crippen LogP contribution in [-0.4, -0.2) is 15.0 Å². The Morgan fingerprint density at radius 2 is 0.800 bits per heavy atom. The number of nitrogens with zero attached hydrogens (tertiary/aromatic N) is 4. The van der Waals surface area contributed by atoms with Gasteiger partial charge in [-0.05, 0) is 127 Å². The van der Waals surface area contributed by atoms with Gasteiger partial charge in [-0.15, -0.1) is 0 Å². The molecule has 292 valence electrons. The molecule has 4 heteroatoms. The van der Waals surface area contributed by atoms with Crippen LogP contribution in [0, 0.1) is 41.5 Å². The summed E-state index contributed by atoms with van der Waals surface area (Å²) in [5.41, 5.74) is 17.8. The van der Waals surface area contributed by atoms with Crippen molar-refractivity contribution in [2.24, 2.45) is 0 Å². The predicted octanol–water partition coefficient (Wildman–Crippen LogP) is 14.5. The molecule has 1 aromatic heterocycles. The normalized spacial score (nSPS) is 11.3. The van der Waals surface area contributed by atoms with Gasteiger partial charge in [-0.2, -0.15) is 9.97 Å². The van der Waals surface area contributed by atoms with Crippen molar-refractivity contribution in [3.05, 3.63) is 226 Å². The van der Waals surface area contributed by atoms with Crippen LogP contribution < -0.4 is 4.90 Å². The zero-order valence-corrected chi connectivity index (χ0v) is 35.1. The molecule has 8 aromatic carbocycles. The maximum absolute atomic E-state index is 5.28. The zero-order valence-electron chi connectivity index (χ0n) is 35.1. The highest BCUT2D eigenvalue weighted by atomic mass is 15.3. The van der Waals surface area contributed by atoms with E-state index in [1.54, 1.807) is 0 Å². The molecule has 0 bridgehead atoms. The summed E-state index contributed by atoms with van der Waals surface area (Å²) in [4.78, 5) is 17.8. The van der Waals surface area contributed by atoms with Crippen LogP contribution in [0.25, 0.3) is 44.7 Å². The number of benzene rings is 8. The molecule has 0 unspecified atom stereocenters. The average molecular weight is 777 g/mol. The van der Waals surface area contributed by atoms with Gasteiger partial charge < -0.3 is 0 Å². The molecule has 9 aromatic rings. The summed E-state index contributed by atoms with van der Waals surface area (Å²) in [5, 5.41) is 2.31. The summed E-state index contributed by atoms with van der Waals surface area (Å²) >= 11 is 0. The maximum Gasteiger partial charge on any atom is 0.238 e. The molecule has 0 spiro atoms. The van der Waals surface area contributed by atoms with Crippen LogP contribution in [0.2, 0.25) is 0 Å². The van der Waals surface area contributed by atoms with Crippen molar-refractivity contribution >= 4 is 28.1 Å². The van der Waals surface area contributed by atoms with E-state index in [2.05, 4.69) is 198 Å². The van der Waals surface area contributed by atoms with Crippen molar-refractivity contribution < 1.29 is 0 Å². The molecule has 0 fully saturated rings. The molecule has 0 aliphatic heterocycles. The van der Waals surface area contributed by atoms with Crippen LogP contribution in [-0.2, 0) is 0 Å². The third-order valence-electron chi connectivity index (χ3n) is 11.6. The first-order valence-electron chi connectivity index (χ1n) is 20.7. The minimum atomic E-state index is 0.0571. The molecule has 0 saturated carbocycles. The minimum Gasteiger partial charge on any atom is -0.279 e. The molecule has 0 saturated heterocycles. The van der Waals surface area contributed by atoms with Crippen LogP contribution in [0.3, 0.4) is 0 Å². The van der Waals surface area contributed by atoms with Gasteiger partial charge in [0, 0.05) is 28.4 Å².